The Bertz CT molecular complexity index is 1010. The van der Waals surface area contributed by atoms with Gasteiger partial charge in [-0.1, -0.05) is 30.3 Å². The molecule has 0 saturated carbocycles. The number of nitrogens with one attached hydrogen (secondary N) is 1. The third kappa shape index (κ3) is 1.80. The molecule has 4 heteroatoms. The van der Waals surface area contributed by atoms with E-state index < -0.39 is 0 Å². The molecule has 4 nitrogen and oxygen atoms in total. The van der Waals surface area contributed by atoms with E-state index in [1.807, 2.05) is 30.3 Å². The lowest BCUT2D eigenvalue weighted by Crippen LogP contribution is -2.07. The summed E-state index contributed by atoms with van der Waals surface area (Å²) in [5, 5.41) is 1.18. The number of rotatable bonds is 1. The summed E-state index contributed by atoms with van der Waals surface area (Å²) in [5.41, 5.74) is 2.93. The Morgan fingerprint density at radius 1 is 0.857 bits per heavy atom. The summed E-state index contributed by atoms with van der Waals surface area (Å²) < 4.78 is 0. The Balaban J connectivity index is 2.19. The Kier molecular flexibility index (Phi) is 2.54. The number of nitrogens with zero attached hydrogens (tertiary/aromatic N) is 2. The fraction of sp³-hybridized carbons (Fsp3) is 0. The molecule has 100 valence electrons. The van der Waals surface area contributed by atoms with Gasteiger partial charge in [0.05, 0.1) is 22.0 Å². The first-order chi connectivity index (χ1) is 10.3. The van der Waals surface area contributed by atoms with Gasteiger partial charge in [0, 0.05) is 18.0 Å². The quantitative estimate of drug-likeness (QED) is 0.542. The number of benzene rings is 1. The molecular formula is C17H11N3O. The van der Waals surface area contributed by atoms with E-state index >= 15 is 0 Å². The minimum atomic E-state index is -0.0428. The molecule has 0 fully saturated rings. The van der Waals surface area contributed by atoms with Gasteiger partial charge in [-0.2, -0.15) is 0 Å². The number of hydrogen-bond donors (Lipinski definition) is 1. The molecule has 3 heterocycles. The highest BCUT2D eigenvalue weighted by Crippen LogP contribution is 2.24. The second kappa shape index (κ2) is 4.52. The summed E-state index contributed by atoms with van der Waals surface area (Å²) in [4.78, 5) is 24.6. The lowest BCUT2D eigenvalue weighted by Gasteiger charge is -2.06. The number of fused-ring (bicyclic) bond motifs is 2. The standard InChI is InChI=1S/C17H11N3O/c21-16-12-7-4-9-19-17(12)20-13-8-10-18-15(14(13)16)11-5-2-1-3-6-11/h1-10H,(H,19,20,21). The van der Waals surface area contributed by atoms with Crippen molar-refractivity contribution >= 4 is 21.9 Å². The van der Waals surface area contributed by atoms with Gasteiger partial charge in [0.25, 0.3) is 0 Å². The topological polar surface area (TPSA) is 58.6 Å². The molecule has 0 amide bonds. The van der Waals surface area contributed by atoms with Crippen LogP contribution >= 0.6 is 0 Å². The largest absolute Gasteiger partial charge is 0.339 e. The van der Waals surface area contributed by atoms with Crippen molar-refractivity contribution in [2.24, 2.45) is 0 Å². The zero-order valence-electron chi connectivity index (χ0n) is 11.1. The van der Waals surface area contributed by atoms with E-state index in [0.29, 0.717) is 22.1 Å². The van der Waals surface area contributed by atoms with Gasteiger partial charge in [0.1, 0.15) is 5.65 Å². The van der Waals surface area contributed by atoms with E-state index in [9.17, 15) is 4.79 Å². The first-order valence-corrected chi connectivity index (χ1v) is 6.66. The van der Waals surface area contributed by atoms with Gasteiger partial charge >= 0.3 is 0 Å². The average Bonchev–Trinajstić information content (AvgIpc) is 2.55. The van der Waals surface area contributed by atoms with Crippen molar-refractivity contribution < 1.29 is 0 Å². The highest BCUT2D eigenvalue weighted by molar-refractivity contribution is 5.98. The van der Waals surface area contributed by atoms with Crippen LogP contribution in [0.4, 0.5) is 0 Å². The molecule has 0 saturated heterocycles. The Morgan fingerprint density at radius 3 is 2.57 bits per heavy atom. The van der Waals surface area contributed by atoms with Crippen molar-refractivity contribution in [1.29, 1.82) is 0 Å². The van der Waals surface area contributed by atoms with Crippen LogP contribution in [0, 0.1) is 0 Å². The van der Waals surface area contributed by atoms with Gasteiger partial charge in [0.15, 0.2) is 0 Å². The average molecular weight is 273 g/mol. The zero-order chi connectivity index (χ0) is 14.2. The third-order valence-electron chi connectivity index (χ3n) is 3.53. The van der Waals surface area contributed by atoms with Crippen LogP contribution in [-0.4, -0.2) is 15.0 Å². The van der Waals surface area contributed by atoms with Crippen molar-refractivity contribution in [3.8, 4) is 11.3 Å². The van der Waals surface area contributed by atoms with Crippen LogP contribution in [0.3, 0.4) is 0 Å². The Hall–Kier alpha value is -3.01. The maximum atomic E-state index is 12.8. The summed E-state index contributed by atoms with van der Waals surface area (Å²) in [5.74, 6) is 0. The molecule has 0 atom stereocenters. The maximum Gasteiger partial charge on any atom is 0.201 e. The summed E-state index contributed by atoms with van der Waals surface area (Å²) in [6.07, 6.45) is 3.37. The summed E-state index contributed by atoms with van der Waals surface area (Å²) in [6.45, 7) is 0. The molecule has 0 spiro atoms. The molecule has 0 aliphatic rings. The maximum absolute atomic E-state index is 12.8. The molecular weight excluding hydrogens is 262 g/mol. The Morgan fingerprint density at radius 2 is 1.71 bits per heavy atom. The molecule has 1 N–H and O–H groups in total. The summed E-state index contributed by atoms with van der Waals surface area (Å²) >= 11 is 0. The second-order valence-corrected chi connectivity index (χ2v) is 4.80. The number of pyridine rings is 3. The molecule has 4 aromatic rings. The molecule has 0 bridgehead atoms. The number of H-pyrrole nitrogens is 1. The SMILES string of the molecule is O=c1c2cccnc2[nH]c2ccnc(-c3ccccc3)c12. The molecule has 4 rings (SSSR count). The second-order valence-electron chi connectivity index (χ2n) is 4.80. The molecule has 0 unspecified atom stereocenters. The van der Waals surface area contributed by atoms with Crippen molar-refractivity contribution in [1.82, 2.24) is 15.0 Å². The summed E-state index contributed by atoms with van der Waals surface area (Å²) in [6, 6.07) is 15.1. The van der Waals surface area contributed by atoms with Gasteiger partial charge in [0.2, 0.25) is 5.43 Å². The highest BCUT2D eigenvalue weighted by atomic mass is 16.1. The zero-order valence-corrected chi connectivity index (χ0v) is 11.1. The van der Waals surface area contributed by atoms with E-state index in [-0.39, 0.29) is 5.43 Å². The molecule has 0 aliphatic carbocycles. The lowest BCUT2D eigenvalue weighted by molar-refractivity contribution is 1.29. The van der Waals surface area contributed by atoms with Crippen LogP contribution in [-0.2, 0) is 0 Å². The number of hydrogen-bond acceptors (Lipinski definition) is 3. The van der Waals surface area contributed by atoms with Gasteiger partial charge in [-0.25, -0.2) is 4.98 Å². The predicted octanol–water partition coefficient (Wildman–Crippen LogP) is 3.14. The fourth-order valence-electron chi connectivity index (χ4n) is 2.56. The number of aromatic nitrogens is 3. The molecule has 21 heavy (non-hydrogen) atoms. The third-order valence-corrected chi connectivity index (χ3v) is 3.53. The normalized spacial score (nSPS) is 11.0. The van der Waals surface area contributed by atoms with E-state index in [1.54, 1.807) is 30.6 Å². The first kappa shape index (κ1) is 11.8. The van der Waals surface area contributed by atoms with Gasteiger partial charge in [-0.3, -0.25) is 9.78 Å². The lowest BCUT2D eigenvalue weighted by atomic mass is 10.1. The summed E-state index contributed by atoms with van der Waals surface area (Å²) in [7, 11) is 0. The Labute approximate surface area is 120 Å². The van der Waals surface area contributed by atoms with Gasteiger partial charge in [-0.15, -0.1) is 0 Å². The van der Waals surface area contributed by atoms with Crippen molar-refractivity contribution in [3.63, 3.8) is 0 Å². The first-order valence-electron chi connectivity index (χ1n) is 6.66. The van der Waals surface area contributed by atoms with Gasteiger partial charge < -0.3 is 4.98 Å². The van der Waals surface area contributed by atoms with Crippen LogP contribution in [0.15, 0.2) is 65.7 Å². The van der Waals surface area contributed by atoms with E-state index in [4.69, 9.17) is 0 Å². The van der Waals surface area contributed by atoms with Gasteiger partial charge in [-0.05, 0) is 18.2 Å². The molecule has 0 aliphatic heterocycles. The molecule has 1 aromatic carbocycles. The monoisotopic (exact) mass is 273 g/mol. The van der Waals surface area contributed by atoms with Crippen molar-refractivity contribution in [2.45, 2.75) is 0 Å². The van der Waals surface area contributed by atoms with Crippen LogP contribution in [0.1, 0.15) is 0 Å². The minimum absolute atomic E-state index is 0.0428. The number of aromatic amines is 1. The van der Waals surface area contributed by atoms with Crippen LogP contribution in [0.5, 0.6) is 0 Å². The molecule has 0 radical (unpaired) electrons. The van der Waals surface area contributed by atoms with E-state index in [1.165, 1.54) is 0 Å². The van der Waals surface area contributed by atoms with Crippen molar-refractivity contribution in [2.75, 3.05) is 0 Å². The highest BCUT2D eigenvalue weighted by Gasteiger charge is 2.12. The van der Waals surface area contributed by atoms with E-state index in [2.05, 4.69) is 15.0 Å². The molecule has 3 aromatic heterocycles. The smallest absolute Gasteiger partial charge is 0.201 e. The van der Waals surface area contributed by atoms with Crippen molar-refractivity contribution in [3.05, 3.63) is 71.1 Å². The van der Waals surface area contributed by atoms with Crippen LogP contribution in [0.2, 0.25) is 0 Å². The van der Waals surface area contributed by atoms with Crippen LogP contribution < -0.4 is 5.43 Å². The van der Waals surface area contributed by atoms with Crippen LogP contribution in [0.25, 0.3) is 33.2 Å². The minimum Gasteiger partial charge on any atom is -0.339 e. The predicted molar refractivity (Wildman–Crippen MR) is 83.1 cm³/mol. The van der Waals surface area contributed by atoms with E-state index in [0.717, 1.165) is 11.1 Å². The fourth-order valence-corrected chi connectivity index (χ4v) is 2.56.